The number of anilines is 1. The monoisotopic (exact) mass is 235 g/mol. The maximum absolute atomic E-state index is 12.2. The SMILES string of the molecule is CC1(O)CCCN(C(=O)c2cnccc2N)C1. The first-order valence-electron chi connectivity index (χ1n) is 5.71. The summed E-state index contributed by atoms with van der Waals surface area (Å²) >= 11 is 0. The van der Waals surface area contributed by atoms with Crippen molar-refractivity contribution in [2.45, 2.75) is 25.4 Å². The largest absolute Gasteiger partial charge is 0.398 e. The number of likely N-dealkylation sites (tertiary alicyclic amines) is 1. The van der Waals surface area contributed by atoms with Gasteiger partial charge in [0.05, 0.1) is 11.2 Å². The number of β-amino-alcohol motifs (C(OH)–C–C–N with tert-alkyl or cyclic N) is 1. The number of hydrogen-bond donors (Lipinski definition) is 2. The molecular weight excluding hydrogens is 218 g/mol. The van der Waals surface area contributed by atoms with E-state index in [4.69, 9.17) is 5.73 Å². The molecule has 92 valence electrons. The Hall–Kier alpha value is -1.62. The second-order valence-corrected chi connectivity index (χ2v) is 4.79. The minimum atomic E-state index is -0.801. The zero-order valence-electron chi connectivity index (χ0n) is 9.89. The number of nitrogens with zero attached hydrogens (tertiary/aromatic N) is 2. The highest BCUT2D eigenvalue weighted by Crippen LogP contribution is 2.22. The van der Waals surface area contributed by atoms with E-state index >= 15 is 0 Å². The molecule has 0 saturated carbocycles. The van der Waals surface area contributed by atoms with E-state index in [0.717, 1.165) is 12.8 Å². The quantitative estimate of drug-likeness (QED) is 0.749. The third-order valence-corrected chi connectivity index (χ3v) is 3.05. The Morgan fingerprint density at radius 1 is 1.65 bits per heavy atom. The van der Waals surface area contributed by atoms with Gasteiger partial charge in [-0.15, -0.1) is 0 Å². The van der Waals surface area contributed by atoms with Crippen molar-refractivity contribution < 1.29 is 9.90 Å². The van der Waals surface area contributed by atoms with E-state index in [0.29, 0.717) is 24.3 Å². The Kier molecular flexibility index (Phi) is 3.02. The lowest BCUT2D eigenvalue weighted by Crippen LogP contribution is -2.48. The zero-order chi connectivity index (χ0) is 12.5. The molecule has 1 atom stereocenters. The van der Waals surface area contributed by atoms with Gasteiger partial charge in [0.2, 0.25) is 0 Å². The fourth-order valence-electron chi connectivity index (χ4n) is 2.15. The smallest absolute Gasteiger partial charge is 0.257 e. The summed E-state index contributed by atoms with van der Waals surface area (Å²) < 4.78 is 0. The minimum Gasteiger partial charge on any atom is -0.398 e. The predicted molar refractivity (Wildman–Crippen MR) is 64.4 cm³/mol. The maximum Gasteiger partial charge on any atom is 0.257 e. The highest BCUT2D eigenvalue weighted by atomic mass is 16.3. The number of carbonyl (C=O) groups is 1. The van der Waals surface area contributed by atoms with Gasteiger partial charge in [0.1, 0.15) is 0 Å². The fourth-order valence-corrected chi connectivity index (χ4v) is 2.15. The standard InChI is InChI=1S/C12H17N3O2/c1-12(17)4-2-6-15(8-12)11(16)9-7-14-5-3-10(9)13/h3,5,7,17H,2,4,6,8H2,1H3,(H2,13,14). The van der Waals surface area contributed by atoms with Crippen molar-refractivity contribution in [3.8, 4) is 0 Å². The molecule has 1 unspecified atom stereocenters. The third-order valence-electron chi connectivity index (χ3n) is 3.05. The van der Waals surface area contributed by atoms with Crippen molar-refractivity contribution in [3.63, 3.8) is 0 Å². The lowest BCUT2D eigenvalue weighted by atomic mass is 9.94. The van der Waals surface area contributed by atoms with E-state index in [1.165, 1.54) is 6.20 Å². The first-order chi connectivity index (χ1) is 7.99. The molecule has 1 saturated heterocycles. The lowest BCUT2D eigenvalue weighted by molar-refractivity contribution is -0.0107. The molecule has 1 amide bonds. The van der Waals surface area contributed by atoms with E-state index in [2.05, 4.69) is 4.98 Å². The van der Waals surface area contributed by atoms with Gasteiger partial charge in [-0.05, 0) is 25.8 Å². The number of rotatable bonds is 1. The van der Waals surface area contributed by atoms with Gasteiger partial charge in [0.15, 0.2) is 0 Å². The van der Waals surface area contributed by atoms with Crippen LogP contribution in [-0.4, -0.2) is 39.6 Å². The summed E-state index contributed by atoms with van der Waals surface area (Å²) in [6.45, 7) is 2.75. The number of carbonyl (C=O) groups excluding carboxylic acids is 1. The summed E-state index contributed by atoms with van der Waals surface area (Å²) in [5, 5.41) is 9.97. The molecule has 2 heterocycles. The van der Waals surface area contributed by atoms with Crippen molar-refractivity contribution in [2.24, 2.45) is 0 Å². The molecule has 0 bridgehead atoms. The molecule has 0 aromatic carbocycles. The third kappa shape index (κ3) is 2.55. The maximum atomic E-state index is 12.2. The second kappa shape index (κ2) is 4.33. The lowest BCUT2D eigenvalue weighted by Gasteiger charge is -2.36. The van der Waals surface area contributed by atoms with Gasteiger partial charge in [-0.2, -0.15) is 0 Å². The van der Waals surface area contributed by atoms with Crippen LogP contribution in [0.4, 0.5) is 5.69 Å². The summed E-state index contributed by atoms with van der Waals surface area (Å²) in [6.07, 6.45) is 4.55. The summed E-state index contributed by atoms with van der Waals surface area (Å²) in [7, 11) is 0. The molecule has 3 N–H and O–H groups in total. The van der Waals surface area contributed by atoms with Crippen molar-refractivity contribution in [3.05, 3.63) is 24.0 Å². The van der Waals surface area contributed by atoms with Crippen LogP contribution in [-0.2, 0) is 0 Å². The number of amides is 1. The molecule has 1 aliphatic heterocycles. The predicted octanol–water partition coefficient (Wildman–Crippen LogP) is 0.651. The van der Waals surface area contributed by atoms with Gasteiger partial charge >= 0.3 is 0 Å². The Balaban J connectivity index is 2.18. The number of nitrogens with two attached hydrogens (primary N) is 1. The normalized spacial score (nSPS) is 24.7. The average molecular weight is 235 g/mol. The van der Waals surface area contributed by atoms with Crippen LogP contribution in [0.2, 0.25) is 0 Å². The van der Waals surface area contributed by atoms with Crippen molar-refractivity contribution in [2.75, 3.05) is 18.8 Å². The molecular formula is C12H17N3O2. The summed E-state index contributed by atoms with van der Waals surface area (Å²) in [5.74, 6) is -0.157. The first kappa shape index (κ1) is 11.9. The number of nitrogen functional groups attached to an aromatic ring is 1. The van der Waals surface area contributed by atoms with Gasteiger partial charge in [0.25, 0.3) is 5.91 Å². The Morgan fingerprint density at radius 2 is 2.41 bits per heavy atom. The van der Waals surface area contributed by atoms with E-state index < -0.39 is 5.60 Å². The van der Waals surface area contributed by atoms with Crippen LogP contribution in [0.15, 0.2) is 18.5 Å². The van der Waals surface area contributed by atoms with Gasteiger partial charge in [-0.3, -0.25) is 9.78 Å². The van der Waals surface area contributed by atoms with Crippen molar-refractivity contribution in [1.29, 1.82) is 0 Å². The molecule has 5 heteroatoms. The summed E-state index contributed by atoms with van der Waals surface area (Å²) in [4.78, 5) is 17.7. The topological polar surface area (TPSA) is 79.5 Å². The zero-order valence-corrected chi connectivity index (χ0v) is 9.89. The highest BCUT2D eigenvalue weighted by Gasteiger charge is 2.31. The fraction of sp³-hybridized carbons (Fsp3) is 0.500. The molecule has 1 aromatic rings. The van der Waals surface area contributed by atoms with E-state index in [1.807, 2.05) is 0 Å². The molecule has 0 spiro atoms. The van der Waals surface area contributed by atoms with Crippen LogP contribution in [0.1, 0.15) is 30.1 Å². The van der Waals surface area contributed by atoms with Crippen LogP contribution >= 0.6 is 0 Å². The van der Waals surface area contributed by atoms with Crippen LogP contribution < -0.4 is 5.73 Å². The summed E-state index contributed by atoms with van der Waals surface area (Å²) in [6, 6.07) is 1.61. The van der Waals surface area contributed by atoms with Crippen LogP contribution in [0.5, 0.6) is 0 Å². The summed E-state index contributed by atoms with van der Waals surface area (Å²) in [5.41, 5.74) is 5.78. The van der Waals surface area contributed by atoms with Gasteiger partial charge in [-0.25, -0.2) is 0 Å². The minimum absolute atomic E-state index is 0.157. The molecule has 1 fully saturated rings. The van der Waals surface area contributed by atoms with Gasteiger partial charge in [0, 0.05) is 31.2 Å². The molecule has 1 aliphatic rings. The van der Waals surface area contributed by atoms with Crippen LogP contribution in [0.25, 0.3) is 0 Å². The number of piperidine rings is 1. The van der Waals surface area contributed by atoms with Crippen LogP contribution in [0.3, 0.4) is 0 Å². The van der Waals surface area contributed by atoms with Gasteiger partial charge < -0.3 is 15.7 Å². The molecule has 17 heavy (non-hydrogen) atoms. The second-order valence-electron chi connectivity index (χ2n) is 4.79. The molecule has 5 nitrogen and oxygen atoms in total. The number of aromatic nitrogens is 1. The number of hydrogen-bond acceptors (Lipinski definition) is 4. The van der Waals surface area contributed by atoms with E-state index in [-0.39, 0.29) is 5.91 Å². The van der Waals surface area contributed by atoms with Crippen LogP contribution in [0, 0.1) is 0 Å². The van der Waals surface area contributed by atoms with Gasteiger partial charge in [-0.1, -0.05) is 0 Å². The number of aliphatic hydroxyl groups is 1. The van der Waals surface area contributed by atoms with E-state index in [9.17, 15) is 9.90 Å². The first-order valence-corrected chi connectivity index (χ1v) is 5.71. The Morgan fingerprint density at radius 3 is 3.06 bits per heavy atom. The molecule has 0 radical (unpaired) electrons. The Labute approximate surface area is 100 Å². The highest BCUT2D eigenvalue weighted by molar-refractivity contribution is 5.98. The average Bonchev–Trinajstić information content (AvgIpc) is 2.27. The molecule has 2 rings (SSSR count). The number of pyridine rings is 1. The van der Waals surface area contributed by atoms with Crippen molar-refractivity contribution >= 4 is 11.6 Å². The molecule has 0 aliphatic carbocycles. The Bertz CT molecular complexity index is 432. The van der Waals surface area contributed by atoms with E-state index in [1.54, 1.807) is 24.1 Å². The molecule has 1 aromatic heterocycles. The van der Waals surface area contributed by atoms with Crippen molar-refractivity contribution in [1.82, 2.24) is 9.88 Å².